The Morgan fingerprint density at radius 2 is 1.80 bits per heavy atom. The van der Waals surface area contributed by atoms with Gasteiger partial charge in [-0.25, -0.2) is 4.98 Å². The number of nitrogens with zero attached hydrogens (tertiary/aromatic N) is 2. The molecular weight excluding hydrogens is 318 g/mol. The van der Waals surface area contributed by atoms with E-state index in [1.807, 2.05) is 42.5 Å². The van der Waals surface area contributed by atoms with E-state index in [-0.39, 0.29) is 11.9 Å². The highest BCUT2D eigenvalue weighted by atomic mass is 16.5. The smallest absolute Gasteiger partial charge is 0.325 e. The highest BCUT2D eigenvalue weighted by molar-refractivity contribution is 5.94. The highest BCUT2D eigenvalue weighted by Gasteiger charge is 2.15. The number of ether oxygens (including phenoxy) is 2. The molecule has 1 aromatic heterocycles. The Morgan fingerprint density at radius 3 is 2.68 bits per heavy atom. The zero-order chi connectivity index (χ0) is 17.1. The molecule has 0 radical (unpaired) electrons. The minimum Gasteiger partial charge on any atom is -0.439 e. The summed E-state index contributed by atoms with van der Waals surface area (Å²) in [5.41, 5.74) is 1.86. The van der Waals surface area contributed by atoms with Gasteiger partial charge in [-0.15, -0.1) is 0 Å². The molecule has 6 heteroatoms. The van der Waals surface area contributed by atoms with Gasteiger partial charge in [0.1, 0.15) is 11.5 Å². The second-order valence-corrected chi connectivity index (χ2v) is 5.56. The van der Waals surface area contributed by atoms with Crippen molar-refractivity contribution in [1.82, 2.24) is 9.97 Å². The maximum absolute atomic E-state index is 11.4. The van der Waals surface area contributed by atoms with Crippen LogP contribution in [0.2, 0.25) is 0 Å². The summed E-state index contributed by atoms with van der Waals surface area (Å²) in [6.07, 6.45) is 2.75. The van der Waals surface area contributed by atoms with Crippen LogP contribution in [0.4, 0.5) is 5.69 Å². The number of anilines is 1. The van der Waals surface area contributed by atoms with E-state index in [4.69, 9.17) is 9.47 Å². The largest absolute Gasteiger partial charge is 0.439 e. The molecule has 124 valence electrons. The molecule has 0 saturated carbocycles. The number of para-hydroxylation sites is 1. The summed E-state index contributed by atoms with van der Waals surface area (Å²) in [7, 11) is 0. The average molecular weight is 333 g/mol. The van der Waals surface area contributed by atoms with Gasteiger partial charge in [0.25, 0.3) is 0 Å². The van der Waals surface area contributed by atoms with Crippen LogP contribution in [0.15, 0.2) is 60.8 Å². The summed E-state index contributed by atoms with van der Waals surface area (Å²) in [4.78, 5) is 19.8. The molecule has 0 atom stereocenters. The molecule has 1 amide bonds. The van der Waals surface area contributed by atoms with Crippen LogP contribution in [0.1, 0.15) is 12.0 Å². The van der Waals surface area contributed by atoms with Gasteiger partial charge >= 0.3 is 6.01 Å². The van der Waals surface area contributed by atoms with Crippen LogP contribution in [-0.2, 0) is 11.2 Å². The molecule has 1 aliphatic rings. The van der Waals surface area contributed by atoms with E-state index >= 15 is 0 Å². The SMILES string of the molecule is O=C1CCc2cc(Oc3nccc(Oc4ccccc4)n3)ccc2N1. The fourth-order valence-corrected chi connectivity index (χ4v) is 2.57. The molecule has 2 aromatic carbocycles. The number of aryl methyl sites for hydroxylation is 1. The van der Waals surface area contributed by atoms with Gasteiger partial charge in [-0.1, -0.05) is 18.2 Å². The summed E-state index contributed by atoms with van der Waals surface area (Å²) >= 11 is 0. The van der Waals surface area contributed by atoms with Gasteiger partial charge < -0.3 is 14.8 Å². The van der Waals surface area contributed by atoms with Gasteiger partial charge in [-0.05, 0) is 42.3 Å². The molecule has 3 aromatic rings. The van der Waals surface area contributed by atoms with E-state index in [1.54, 1.807) is 18.3 Å². The first-order valence-corrected chi connectivity index (χ1v) is 7.93. The van der Waals surface area contributed by atoms with Crippen LogP contribution >= 0.6 is 0 Å². The Bertz CT molecular complexity index is 913. The van der Waals surface area contributed by atoms with Gasteiger partial charge in [0.05, 0.1) is 0 Å². The van der Waals surface area contributed by atoms with Crippen LogP contribution in [0, 0.1) is 0 Å². The Hall–Kier alpha value is -3.41. The lowest BCUT2D eigenvalue weighted by molar-refractivity contribution is -0.116. The van der Waals surface area contributed by atoms with Crippen molar-refractivity contribution >= 4 is 11.6 Å². The van der Waals surface area contributed by atoms with Gasteiger partial charge in [0, 0.05) is 24.4 Å². The number of aromatic nitrogens is 2. The minimum atomic E-state index is 0.0373. The van der Waals surface area contributed by atoms with Crippen molar-refractivity contribution < 1.29 is 14.3 Å². The van der Waals surface area contributed by atoms with Gasteiger partial charge in [-0.2, -0.15) is 4.98 Å². The molecule has 0 spiro atoms. The molecule has 4 rings (SSSR count). The first-order chi connectivity index (χ1) is 12.3. The summed E-state index contributed by atoms with van der Waals surface area (Å²) in [5.74, 6) is 1.75. The predicted octanol–water partition coefficient (Wildman–Crippen LogP) is 3.95. The number of fused-ring (bicyclic) bond motifs is 1. The topological polar surface area (TPSA) is 73.3 Å². The van der Waals surface area contributed by atoms with Crippen LogP contribution in [-0.4, -0.2) is 15.9 Å². The number of amides is 1. The van der Waals surface area contributed by atoms with Crippen LogP contribution in [0.3, 0.4) is 0 Å². The zero-order valence-electron chi connectivity index (χ0n) is 13.3. The maximum Gasteiger partial charge on any atom is 0.325 e. The zero-order valence-corrected chi connectivity index (χ0v) is 13.3. The predicted molar refractivity (Wildman–Crippen MR) is 92.0 cm³/mol. The van der Waals surface area contributed by atoms with E-state index in [9.17, 15) is 4.79 Å². The van der Waals surface area contributed by atoms with Crippen molar-refractivity contribution in [2.75, 3.05) is 5.32 Å². The fraction of sp³-hybridized carbons (Fsp3) is 0.105. The molecule has 0 saturated heterocycles. The average Bonchev–Trinajstić information content (AvgIpc) is 2.63. The lowest BCUT2D eigenvalue weighted by Gasteiger charge is -2.17. The van der Waals surface area contributed by atoms with E-state index in [1.165, 1.54) is 0 Å². The molecule has 6 nitrogen and oxygen atoms in total. The lowest BCUT2D eigenvalue weighted by atomic mass is 10.0. The number of hydrogen-bond donors (Lipinski definition) is 1. The molecule has 1 N–H and O–H groups in total. The van der Waals surface area contributed by atoms with Gasteiger partial charge in [0.2, 0.25) is 11.8 Å². The van der Waals surface area contributed by atoms with Gasteiger partial charge in [-0.3, -0.25) is 4.79 Å². The fourth-order valence-electron chi connectivity index (χ4n) is 2.57. The quantitative estimate of drug-likeness (QED) is 0.783. The number of nitrogens with one attached hydrogen (secondary N) is 1. The van der Waals surface area contributed by atoms with Crippen molar-refractivity contribution in [2.45, 2.75) is 12.8 Å². The molecule has 0 bridgehead atoms. The minimum absolute atomic E-state index is 0.0373. The summed E-state index contributed by atoms with van der Waals surface area (Å²) < 4.78 is 11.4. The first-order valence-electron chi connectivity index (χ1n) is 7.93. The molecule has 0 unspecified atom stereocenters. The van der Waals surface area contributed by atoms with Crippen molar-refractivity contribution in [1.29, 1.82) is 0 Å². The number of carbonyl (C=O) groups excluding carboxylic acids is 1. The molecule has 25 heavy (non-hydrogen) atoms. The van der Waals surface area contributed by atoms with Crippen LogP contribution < -0.4 is 14.8 Å². The Morgan fingerprint density at radius 1 is 0.920 bits per heavy atom. The van der Waals surface area contributed by atoms with Crippen LogP contribution in [0.5, 0.6) is 23.4 Å². The lowest BCUT2D eigenvalue weighted by Crippen LogP contribution is -2.18. The Balaban J connectivity index is 1.51. The van der Waals surface area contributed by atoms with Crippen LogP contribution in [0.25, 0.3) is 0 Å². The number of rotatable bonds is 4. The summed E-state index contributed by atoms with van der Waals surface area (Å²) in [6, 6.07) is 16.8. The first kappa shape index (κ1) is 15.1. The Kier molecular flexibility index (Phi) is 4.00. The van der Waals surface area contributed by atoms with E-state index in [2.05, 4.69) is 15.3 Å². The molecule has 0 aliphatic carbocycles. The molecule has 2 heterocycles. The number of hydrogen-bond acceptors (Lipinski definition) is 5. The van der Waals surface area contributed by atoms with Crippen molar-refractivity contribution in [2.24, 2.45) is 0 Å². The monoisotopic (exact) mass is 333 g/mol. The summed E-state index contributed by atoms with van der Waals surface area (Å²) in [5, 5.41) is 2.84. The number of benzene rings is 2. The maximum atomic E-state index is 11.4. The van der Waals surface area contributed by atoms with Crippen molar-refractivity contribution in [3.8, 4) is 23.4 Å². The third-order valence-electron chi connectivity index (χ3n) is 3.75. The van der Waals surface area contributed by atoms with Crippen molar-refractivity contribution in [3.63, 3.8) is 0 Å². The molecule has 0 fully saturated rings. The second kappa shape index (κ2) is 6.60. The Labute approximate surface area is 144 Å². The molecular formula is C19H15N3O3. The normalized spacial score (nSPS) is 12.9. The number of carbonyl (C=O) groups is 1. The van der Waals surface area contributed by atoms with E-state index < -0.39 is 0 Å². The summed E-state index contributed by atoms with van der Waals surface area (Å²) in [6.45, 7) is 0. The standard InChI is InChI=1S/C19H15N3O3/c23-17-9-6-13-12-15(7-8-16(13)21-17)25-19-20-11-10-18(22-19)24-14-4-2-1-3-5-14/h1-5,7-8,10-12H,6,9H2,(H,21,23). The molecule has 1 aliphatic heterocycles. The van der Waals surface area contributed by atoms with E-state index in [0.717, 1.165) is 11.3 Å². The second-order valence-electron chi connectivity index (χ2n) is 5.56. The van der Waals surface area contributed by atoms with E-state index in [0.29, 0.717) is 30.2 Å². The third-order valence-corrected chi connectivity index (χ3v) is 3.75. The van der Waals surface area contributed by atoms with Gasteiger partial charge in [0.15, 0.2) is 0 Å². The third kappa shape index (κ3) is 3.58. The van der Waals surface area contributed by atoms with Crippen molar-refractivity contribution in [3.05, 3.63) is 66.4 Å². The highest BCUT2D eigenvalue weighted by Crippen LogP contribution is 2.29.